The first-order valence-electron chi connectivity index (χ1n) is 8.28. The van der Waals surface area contributed by atoms with Gasteiger partial charge in [0.15, 0.2) is 5.90 Å². The molecule has 0 bridgehead atoms. The zero-order valence-electron chi connectivity index (χ0n) is 14.5. The van der Waals surface area contributed by atoms with Crippen molar-refractivity contribution >= 4 is 17.2 Å². The van der Waals surface area contributed by atoms with Gasteiger partial charge in [-0.25, -0.2) is 9.38 Å². The lowest BCUT2D eigenvalue weighted by Gasteiger charge is -2.08. The summed E-state index contributed by atoms with van der Waals surface area (Å²) in [4.78, 5) is 14.7. The Morgan fingerprint density at radius 2 is 2.00 bits per heavy atom. The molecule has 1 heterocycles. The molecular weight excluding hydrogens is 347 g/mol. The van der Waals surface area contributed by atoms with Gasteiger partial charge >= 0.3 is 0 Å². The van der Waals surface area contributed by atoms with Crippen molar-refractivity contribution in [2.75, 3.05) is 6.61 Å². The summed E-state index contributed by atoms with van der Waals surface area (Å²) in [5.41, 5.74) is 2.35. The van der Waals surface area contributed by atoms with Crippen molar-refractivity contribution in [3.63, 3.8) is 0 Å². The van der Waals surface area contributed by atoms with Crippen LogP contribution in [0.15, 0.2) is 84.0 Å². The van der Waals surface area contributed by atoms with E-state index in [0.717, 1.165) is 23.3 Å². The second-order valence-electron chi connectivity index (χ2n) is 5.89. The van der Waals surface area contributed by atoms with Crippen LogP contribution in [0.1, 0.15) is 11.1 Å². The molecule has 1 aliphatic heterocycles. The summed E-state index contributed by atoms with van der Waals surface area (Å²) in [5, 5.41) is 10.9. The molecule has 0 atom stereocenters. The molecule has 2 aromatic carbocycles. The van der Waals surface area contributed by atoms with Gasteiger partial charge < -0.3 is 4.74 Å². The van der Waals surface area contributed by atoms with Gasteiger partial charge in [-0.2, -0.15) is 0 Å². The van der Waals surface area contributed by atoms with Gasteiger partial charge in [-0.1, -0.05) is 43.0 Å². The summed E-state index contributed by atoms with van der Waals surface area (Å²) in [7, 11) is 0. The van der Waals surface area contributed by atoms with Crippen LogP contribution in [0.25, 0.3) is 5.57 Å². The predicted octanol–water partition coefficient (Wildman–Crippen LogP) is 4.86. The van der Waals surface area contributed by atoms with Crippen LogP contribution in [0.5, 0.6) is 0 Å². The van der Waals surface area contributed by atoms with Crippen molar-refractivity contribution < 1.29 is 14.1 Å². The van der Waals surface area contributed by atoms with Crippen LogP contribution in [0.2, 0.25) is 0 Å². The Bertz CT molecular complexity index is 963. The molecule has 5 nitrogen and oxygen atoms in total. The molecule has 0 spiro atoms. The topological polar surface area (TPSA) is 64.7 Å². The standard InChI is InChI=1S/C21H17FN2O3/c1-15-12-17(16-6-3-2-4-7-16)8-5-11-27-21(23-15)14-18-13-19(24(25)26)9-10-20(18)22/h2-10,12-13H,1,11,14H2/b8-5-,17-12+,23-21?. The molecule has 0 saturated carbocycles. The van der Waals surface area contributed by atoms with Gasteiger partial charge in [0.25, 0.3) is 5.69 Å². The van der Waals surface area contributed by atoms with Crippen LogP contribution >= 0.6 is 0 Å². The number of ether oxygens (including phenoxy) is 1. The number of nitro benzene ring substituents is 1. The predicted molar refractivity (Wildman–Crippen MR) is 103 cm³/mol. The maximum absolute atomic E-state index is 14.0. The molecule has 27 heavy (non-hydrogen) atoms. The monoisotopic (exact) mass is 364 g/mol. The van der Waals surface area contributed by atoms with E-state index in [2.05, 4.69) is 11.6 Å². The quantitative estimate of drug-likeness (QED) is 0.575. The third kappa shape index (κ3) is 4.76. The maximum Gasteiger partial charge on any atom is 0.269 e. The summed E-state index contributed by atoms with van der Waals surface area (Å²) in [5.74, 6) is -0.303. The Kier molecular flexibility index (Phi) is 5.56. The van der Waals surface area contributed by atoms with Gasteiger partial charge in [0.1, 0.15) is 12.4 Å². The SMILES string of the molecule is C=C1/C=C(c2ccccc2)\C=C/COC(Cc2cc([N+](=O)[O-])ccc2F)=N1. The summed E-state index contributed by atoms with van der Waals surface area (Å²) in [6.45, 7) is 4.16. The average molecular weight is 364 g/mol. The number of non-ortho nitro benzene ring substituents is 1. The molecule has 0 unspecified atom stereocenters. The fourth-order valence-corrected chi connectivity index (χ4v) is 2.65. The molecule has 6 heteroatoms. The van der Waals surface area contributed by atoms with E-state index in [1.54, 1.807) is 0 Å². The highest BCUT2D eigenvalue weighted by Crippen LogP contribution is 2.21. The number of rotatable bonds is 4. The number of nitro groups is 1. The smallest absolute Gasteiger partial charge is 0.269 e. The van der Waals surface area contributed by atoms with E-state index in [9.17, 15) is 14.5 Å². The number of halogens is 1. The molecule has 0 saturated heterocycles. The van der Waals surface area contributed by atoms with Gasteiger partial charge in [-0.15, -0.1) is 0 Å². The molecule has 136 valence electrons. The van der Waals surface area contributed by atoms with Gasteiger partial charge in [0.05, 0.1) is 17.0 Å². The molecule has 3 rings (SSSR count). The zero-order chi connectivity index (χ0) is 19.2. The van der Waals surface area contributed by atoms with Crippen LogP contribution in [0.4, 0.5) is 10.1 Å². The highest BCUT2D eigenvalue weighted by molar-refractivity contribution is 5.82. The highest BCUT2D eigenvalue weighted by atomic mass is 19.1. The number of hydrogen-bond donors (Lipinski definition) is 0. The molecule has 0 fully saturated rings. The molecule has 0 radical (unpaired) electrons. The summed E-state index contributed by atoms with van der Waals surface area (Å²) in [6.07, 6.45) is 5.54. The lowest BCUT2D eigenvalue weighted by Crippen LogP contribution is -2.10. The Balaban J connectivity index is 1.88. The van der Waals surface area contributed by atoms with Crippen molar-refractivity contribution in [1.29, 1.82) is 0 Å². The Hall–Kier alpha value is -3.54. The first-order chi connectivity index (χ1) is 13.0. The number of benzene rings is 2. The van der Waals surface area contributed by atoms with Gasteiger partial charge in [-0.05, 0) is 29.4 Å². The molecule has 2 aromatic rings. The molecule has 0 aromatic heterocycles. The van der Waals surface area contributed by atoms with Crippen molar-refractivity contribution in [1.82, 2.24) is 0 Å². The van der Waals surface area contributed by atoms with Crippen molar-refractivity contribution in [2.24, 2.45) is 4.99 Å². The van der Waals surface area contributed by atoms with E-state index in [-0.39, 0.29) is 30.2 Å². The minimum atomic E-state index is -0.564. The number of allylic oxidation sites excluding steroid dienone is 3. The van der Waals surface area contributed by atoms with Gasteiger partial charge in [0, 0.05) is 17.7 Å². The Labute approximate surface area is 156 Å². The summed E-state index contributed by atoms with van der Waals surface area (Å²) >= 11 is 0. The van der Waals surface area contributed by atoms with Crippen LogP contribution in [-0.4, -0.2) is 17.4 Å². The zero-order valence-corrected chi connectivity index (χ0v) is 14.5. The largest absolute Gasteiger partial charge is 0.476 e. The second-order valence-corrected chi connectivity index (χ2v) is 5.89. The van der Waals surface area contributed by atoms with E-state index in [1.807, 2.05) is 48.6 Å². The summed E-state index contributed by atoms with van der Waals surface area (Å²) in [6, 6.07) is 13.2. The van der Waals surface area contributed by atoms with Crippen molar-refractivity contribution in [3.8, 4) is 0 Å². The molecule has 0 amide bonds. The van der Waals surface area contributed by atoms with Crippen molar-refractivity contribution in [2.45, 2.75) is 6.42 Å². The number of hydrogen-bond acceptors (Lipinski definition) is 4. The van der Waals surface area contributed by atoms with E-state index in [1.165, 1.54) is 6.07 Å². The van der Waals surface area contributed by atoms with E-state index >= 15 is 0 Å². The molecule has 0 aliphatic carbocycles. The average Bonchev–Trinajstić information content (AvgIpc) is 2.74. The van der Waals surface area contributed by atoms with Gasteiger partial charge in [0.2, 0.25) is 0 Å². The van der Waals surface area contributed by atoms with Crippen LogP contribution in [0, 0.1) is 15.9 Å². The first-order valence-corrected chi connectivity index (χ1v) is 8.28. The number of nitrogens with zero attached hydrogens (tertiary/aromatic N) is 2. The molecule has 0 N–H and O–H groups in total. The highest BCUT2D eigenvalue weighted by Gasteiger charge is 2.14. The van der Waals surface area contributed by atoms with Crippen LogP contribution < -0.4 is 0 Å². The van der Waals surface area contributed by atoms with Crippen LogP contribution in [0.3, 0.4) is 0 Å². The van der Waals surface area contributed by atoms with E-state index in [4.69, 9.17) is 4.74 Å². The summed E-state index contributed by atoms with van der Waals surface area (Å²) < 4.78 is 19.7. The van der Waals surface area contributed by atoms with Crippen molar-refractivity contribution in [3.05, 3.63) is 106 Å². The Morgan fingerprint density at radius 3 is 2.74 bits per heavy atom. The fourth-order valence-electron chi connectivity index (χ4n) is 2.65. The second kappa shape index (κ2) is 8.23. The lowest BCUT2D eigenvalue weighted by atomic mass is 10.0. The van der Waals surface area contributed by atoms with E-state index < -0.39 is 10.7 Å². The molecular formula is C21H17FN2O3. The van der Waals surface area contributed by atoms with Gasteiger partial charge in [-0.3, -0.25) is 10.1 Å². The fraction of sp³-hybridized carbons (Fsp3) is 0.0952. The normalized spacial score (nSPS) is 17.4. The van der Waals surface area contributed by atoms with E-state index in [0.29, 0.717) is 5.70 Å². The minimum absolute atomic E-state index is 0.00508. The maximum atomic E-state index is 14.0. The first kappa shape index (κ1) is 18.3. The Morgan fingerprint density at radius 1 is 1.22 bits per heavy atom. The lowest BCUT2D eigenvalue weighted by molar-refractivity contribution is -0.385. The van der Waals surface area contributed by atoms with Crippen LogP contribution in [-0.2, 0) is 11.2 Å². The third-order valence-electron chi connectivity index (χ3n) is 3.92. The molecule has 1 aliphatic rings. The number of aliphatic imine (C=N–C) groups is 1. The minimum Gasteiger partial charge on any atom is -0.476 e. The third-order valence-corrected chi connectivity index (χ3v) is 3.92.